The van der Waals surface area contributed by atoms with Gasteiger partial charge in [-0.1, -0.05) is 82.3 Å². The molecule has 5 aliphatic rings. The van der Waals surface area contributed by atoms with Gasteiger partial charge in [-0.25, -0.2) is 4.98 Å². The van der Waals surface area contributed by atoms with Crippen LogP contribution in [0, 0.1) is 18.3 Å². The summed E-state index contributed by atoms with van der Waals surface area (Å²) >= 11 is 0. The van der Waals surface area contributed by atoms with Gasteiger partial charge in [-0.2, -0.15) is 0 Å². The maximum atomic E-state index is 14.3. The summed E-state index contributed by atoms with van der Waals surface area (Å²) < 4.78 is 7.63. The van der Waals surface area contributed by atoms with Crippen LogP contribution in [-0.2, 0) is 9.22 Å². The lowest BCUT2D eigenvalue weighted by atomic mass is 9.72. The van der Waals surface area contributed by atoms with Gasteiger partial charge in [0.1, 0.15) is 5.82 Å². The third-order valence-electron chi connectivity index (χ3n) is 12.8. The molecule has 3 aliphatic heterocycles. The summed E-state index contributed by atoms with van der Waals surface area (Å²) in [6.45, 7) is 18.1. The van der Waals surface area contributed by atoms with Crippen LogP contribution >= 0.6 is 0 Å². The van der Waals surface area contributed by atoms with E-state index in [1.165, 1.54) is 31.0 Å². The second-order valence-corrected chi connectivity index (χ2v) is 21.2. The van der Waals surface area contributed by atoms with Gasteiger partial charge in [0.05, 0.1) is 16.8 Å². The monoisotopic (exact) mass is 666 g/mol. The van der Waals surface area contributed by atoms with Gasteiger partial charge < -0.3 is 14.2 Å². The fourth-order valence-electron chi connectivity index (χ4n) is 10.1. The van der Waals surface area contributed by atoms with Gasteiger partial charge in [0.25, 0.3) is 0 Å². The summed E-state index contributed by atoms with van der Waals surface area (Å²) in [5.74, 6) is 1.79. The Morgan fingerprint density at radius 2 is 1.65 bits per heavy atom. The van der Waals surface area contributed by atoms with E-state index >= 15 is 0 Å². The maximum Gasteiger partial charge on any atom is 0.237 e. The minimum atomic E-state index is -2.55. The van der Waals surface area contributed by atoms with E-state index in [4.69, 9.17) is 9.41 Å². The van der Waals surface area contributed by atoms with Crippen molar-refractivity contribution in [2.45, 2.75) is 122 Å². The predicted octanol–water partition coefficient (Wildman–Crippen LogP) is 7.92. The van der Waals surface area contributed by atoms with Gasteiger partial charge >= 0.3 is 0 Å². The number of aryl methyl sites for hydroxylation is 1. The van der Waals surface area contributed by atoms with Gasteiger partial charge in [-0.15, -0.1) is 0 Å². The number of pyridine rings is 1. The summed E-state index contributed by atoms with van der Waals surface area (Å²) in [4.78, 5) is 26.6. The Morgan fingerprint density at radius 1 is 0.896 bits per heavy atom. The topological polar surface area (TPSA) is 48.9 Å². The number of rotatable bonds is 7. The number of allylic oxidation sites excluding steroid dienone is 4. The van der Waals surface area contributed by atoms with Crippen molar-refractivity contribution >= 4 is 30.9 Å². The highest BCUT2D eigenvalue weighted by atomic mass is 28.4. The largest absolute Gasteiger partial charge is 0.408 e. The molecule has 1 spiro atoms. The summed E-state index contributed by atoms with van der Waals surface area (Å²) in [6, 6.07) is 16.8. The molecule has 3 saturated heterocycles. The Bertz CT molecular complexity index is 1530. The molecule has 2 aliphatic carbocycles. The number of anilines is 2. The molecule has 0 bridgehead atoms. The minimum Gasteiger partial charge on any atom is -0.408 e. The fourth-order valence-corrected chi connectivity index (χ4v) is 15.7. The molecule has 0 radical (unpaired) electrons. The molecule has 0 N–H and O–H groups in total. The van der Waals surface area contributed by atoms with E-state index in [-0.39, 0.29) is 16.6 Å². The van der Waals surface area contributed by atoms with E-state index in [1.807, 2.05) is 0 Å². The first-order chi connectivity index (χ1) is 23.0. The van der Waals surface area contributed by atoms with Crippen molar-refractivity contribution in [1.82, 2.24) is 9.88 Å². The predicted molar refractivity (Wildman–Crippen MR) is 200 cm³/mol. The van der Waals surface area contributed by atoms with E-state index in [9.17, 15) is 4.79 Å². The Labute approximate surface area is 290 Å². The minimum absolute atomic E-state index is 0.00279. The second-order valence-electron chi connectivity index (χ2n) is 16.7. The third kappa shape index (κ3) is 5.92. The van der Waals surface area contributed by atoms with Crippen molar-refractivity contribution < 1.29 is 9.22 Å². The highest BCUT2D eigenvalue weighted by Gasteiger charge is 2.57. The first kappa shape index (κ1) is 33.7. The van der Waals surface area contributed by atoms with E-state index in [0.717, 1.165) is 68.9 Å². The lowest BCUT2D eigenvalue weighted by molar-refractivity contribution is -0.128. The molecule has 2 aromatic rings. The molecule has 5 atom stereocenters. The number of carbonyl (C=O) groups excluding carboxylic acids is 1. The van der Waals surface area contributed by atoms with Gasteiger partial charge in [0.2, 0.25) is 14.2 Å². The standard InChI is InChI=1S/C41H58N4O2Si/c1-30-13-10-11-17-37(30)48(40(4,5)6,35-15-8-7-9-16-35)47-34-20-23-41(24-21-34)25-28-45(39(41)46)36-18-19-38(42-32(36)3)43-27-22-33(29-43)44-26-12-14-31(44)2/h7-11,13,15-19,30-31,33-34,37H,12,14,20-29H2,1-6H3/t30?,31-,33?,34?,37?,41?,48?/m0/s1. The Hall–Kier alpha value is -2.74. The van der Waals surface area contributed by atoms with Gasteiger partial charge in [0.15, 0.2) is 0 Å². The lowest BCUT2D eigenvalue weighted by Gasteiger charge is -2.51. The molecule has 1 amide bonds. The first-order valence-corrected chi connectivity index (χ1v) is 20.9. The number of hydrogen-bond acceptors (Lipinski definition) is 5. The molecule has 1 saturated carbocycles. The second kappa shape index (κ2) is 13.2. The van der Waals surface area contributed by atoms with Crippen LogP contribution in [0.1, 0.15) is 91.7 Å². The highest BCUT2D eigenvalue weighted by molar-refractivity contribution is 6.90. The zero-order valence-corrected chi connectivity index (χ0v) is 31.3. The van der Waals surface area contributed by atoms with Crippen LogP contribution in [0.4, 0.5) is 11.5 Å². The van der Waals surface area contributed by atoms with Crippen LogP contribution in [-0.4, -0.2) is 68.5 Å². The van der Waals surface area contributed by atoms with Crippen LogP contribution in [0.15, 0.2) is 66.8 Å². The molecule has 7 rings (SSSR count). The van der Waals surface area contributed by atoms with Crippen LogP contribution < -0.4 is 15.0 Å². The van der Waals surface area contributed by atoms with Crippen molar-refractivity contribution in [3.8, 4) is 0 Å². The molecule has 1 aromatic heterocycles. The van der Waals surface area contributed by atoms with E-state index < -0.39 is 8.32 Å². The van der Waals surface area contributed by atoms with Crippen LogP contribution in [0.25, 0.3) is 0 Å². The molecule has 4 fully saturated rings. The smallest absolute Gasteiger partial charge is 0.237 e. The molecule has 6 nitrogen and oxygen atoms in total. The number of benzene rings is 1. The van der Waals surface area contributed by atoms with Crippen molar-refractivity contribution in [2.75, 3.05) is 36.0 Å². The van der Waals surface area contributed by atoms with E-state index in [1.54, 1.807) is 0 Å². The van der Waals surface area contributed by atoms with Gasteiger partial charge in [-0.05, 0) is 100 Å². The molecule has 258 valence electrons. The quantitative estimate of drug-likeness (QED) is 0.281. The van der Waals surface area contributed by atoms with Gasteiger partial charge in [-0.3, -0.25) is 9.69 Å². The number of carbonyl (C=O) groups is 1. The number of nitrogens with zero attached hydrogens (tertiary/aromatic N) is 4. The third-order valence-corrected chi connectivity index (χ3v) is 18.6. The molecule has 48 heavy (non-hydrogen) atoms. The van der Waals surface area contributed by atoms with Crippen molar-refractivity contribution in [3.63, 3.8) is 0 Å². The summed E-state index contributed by atoms with van der Waals surface area (Å²) in [6.07, 6.45) is 17.9. The molecular formula is C41H58N4O2Si. The van der Waals surface area contributed by atoms with Crippen molar-refractivity contribution in [2.24, 2.45) is 11.3 Å². The maximum absolute atomic E-state index is 14.3. The zero-order chi connectivity index (χ0) is 33.7. The fraction of sp³-hybridized carbons (Fsp3) is 0.610. The summed E-state index contributed by atoms with van der Waals surface area (Å²) in [7, 11) is -2.55. The molecule has 4 unspecified atom stereocenters. The average Bonchev–Trinajstić information content (AvgIpc) is 3.81. The number of aromatic nitrogens is 1. The Balaban J connectivity index is 1.04. The van der Waals surface area contributed by atoms with Gasteiger partial charge in [0, 0.05) is 43.4 Å². The van der Waals surface area contributed by atoms with E-state index in [0.29, 0.717) is 29.4 Å². The number of likely N-dealkylation sites (tertiary alicyclic amines) is 1. The SMILES string of the molecule is Cc1nc(N2CCC(N3CCC[C@@H]3C)C2)ccc1N1CCC2(CCC(O[Si](c3ccccc3)(C3C=CC=CC3C)C(C)(C)C)CC2)C1=O. The summed E-state index contributed by atoms with van der Waals surface area (Å²) in [5.41, 5.74) is 2.05. The van der Waals surface area contributed by atoms with Crippen molar-refractivity contribution in [3.05, 3.63) is 72.5 Å². The Kier molecular flexibility index (Phi) is 9.27. The summed E-state index contributed by atoms with van der Waals surface area (Å²) in [5, 5.41) is 1.39. The molecular weight excluding hydrogens is 609 g/mol. The van der Waals surface area contributed by atoms with Crippen LogP contribution in [0.3, 0.4) is 0 Å². The Morgan fingerprint density at radius 3 is 2.31 bits per heavy atom. The molecule has 4 heterocycles. The number of amides is 1. The average molecular weight is 667 g/mol. The molecule has 1 aromatic carbocycles. The van der Waals surface area contributed by atoms with E-state index in [2.05, 4.69) is 123 Å². The number of hydrogen-bond donors (Lipinski definition) is 0. The molecule has 7 heteroatoms. The van der Waals surface area contributed by atoms with Crippen LogP contribution in [0.5, 0.6) is 0 Å². The normalized spacial score (nSPS) is 32.5. The lowest BCUT2D eigenvalue weighted by Crippen LogP contribution is -2.63. The zero-order valence-electron chi connectivity index (χ0n) is 30.3. The van der Waals surface area contributed by atoms with Crippen LogP contribution in [0.2, 0.25) is 10.6 Å². The first-order valence-electron chi connectivity index (χ1n) is 18.9. The highest BCUT2D eigenvalue weighted by Crippen LogP contribution is 2.52. The van der Waals surface area contributed by atoms with Crippen molar-refractivity contribution in [1.29, 1.82) is 0 Å².